The highest BCUT2D eigenvalue weighted by Crippen LogP contribution is 2.43. The minimum Gasteiger partial charge on any atom is -0.390 e. The van der Waals surface area contributed by atoms with Gasteiger partial charge in [-0.25, -0.2) is 15.0 Å². The van der Waals surface area contributed by atoms with Crippen LogP contribution in [-0.4, -0.2) is 68.1 Å². The van der Waals surface area contributed by atoms with Crippen molar-refractivity contribution in [2.75, 3.05) is 5.73 Å². The maximum Gasteiger partial charge on any atom is 0.167 e. The van der Waals surface area contributed by atoms with Gasteiger partial charge in [-0.1, -0.05) is 33.9 Å². The highest BCUT2D eigenvalue weighted by molar-refractivity contribution is 6.58. The number of nitrogen functional groups attached to an aromatic ring is 1. The SMILES string of the molecule is C[Si](C)[C@@]1(n2cnc3c(N)ncnc32)O[C@H](C(O)C(C)(C)C)[C@@H](O)[C@H]1O. The average Bonchev–Trinajstić information content (AvgIpc) is 3.09. The van der Waals surface area contributed by atoms with E-state index in [0.29, 0.717) is 11.2 Å². The number of aliphatic hydroxyl groups is 3. The number of anilines is 1. The maximum absolute atomic E-state index is 11.0. The molecule has 2 aromatic rings. The molecule has 0 saturated carbocycles. The number of hydrogen-bond acceptors (Lipinski definition) is 8. The van der Waals surface area contributed by atoms with Gasteiger partial charge in [-0.15, -0.1) is 0 Å². The van der Waals surface area contributed by atoms with Crippen LogP contribution in [0.4, 0.5) is 5.82 Å². The fourth-order valence-electron chi connectivity index (χ4n) is 3.45. The Morgan fingerprint density at radius 3 is 2.50 bits per heavy atom. The molecule has 10 heteroatoms. The van der Waals surface area contributed by atoms with Crippen LogP contribution in [0.1, 0.15) is 20.8 Å². The van der Waals surface area contributed by atoms with E-state index in [1.54, 1.807) is 4.57 Å². The second kappa shape index (κ2) is 6.24. The summed E-state index contributed by atoms with van der Waals surface area (Å²) in [7, 11) is -1.41. The Morgan fingerprint density at radius 2 is 1.92 bits per heavy atom. The Bertz CT molecular complexity index is 808. The van der Waals surface area contributed by atoms with E-state index in [0.717, 1.165) is 0 Å². The van der Waals surface area contributed by atoms with Gasteiger partial charge in [-0.05, 0) is 5.41 Å². The number of fused-ring (bicyclic) bond motifs is 1. The zero-order chi connectivity index (χ0) is 19.4. The number of aromatic nitrogens is 4. The van der Waals surface area contributed by atoms with E-state index in [1.807, 2.05) is 33.9 Å². The molecule has 3 heterocycles. The van der Waals surface area contributed by atoms with Gasteiger partial charge in [-0.3, -0.25) is 4.57 Å². The van der Waals surface area contributed by atoms with E-state index in [2.05, 4.69) is 15.0 Å². The summed E-state index contributed by atoms with van der Waals surface area (Å²) in [6.07, 6.45) is -1.59. The lowest BCUT2D eigenvalue weighted by Gasteiger charge is -2.38. The van der Waals surface area contributed by atoms with Crippen LogP contribution in [0.2, 0.25) is 13.1 Å². The third-order valence-corrected chi connectivity index (χ3v) is 7.10. The van der Waals surface area contributed by atoms with Crippen molar-refractivity contribution in [2.45, 2.75) is 63.6 Å². The number of hydrogen-bond donors (Lipinski definition) is 4. The molecule has 2 aromatic heterocycles. The van der Waals surface area contributed by atoms with E-state index >= 15 is 0 Å². The largest absolute Gasteiger partial charge is 0.390 e. The molecule has 0 amide bonds. The Balaban J connectivity index is 2.15. The minimum atomic E-state index is -1.41. The van der Waals surface area contributed by atoms with Crippen molar-refractivity contribution >= 4 is 25.8 Å². The van der Waals surface area contributed by atoms with Crippen LogP contribution < -0.4 is 5.73 Å². The van der Waals surface area contributed by atoms with E-state index in [-0.39, 0.29) is 5.82 Å². The molecule has 5 N–H and O–H groups in total. The van der Waals surface area contributed by atoms with E-state index < -0.39 is 44.0 Å². The van der Waals surface area contributed by atoms with Crippen LogP contribution in [0.3, 0.4) is 0 Å². The summed E-state index contributed by atoms with van der Waals surface area (Å²) in [6.45, 7) is 9.48. The van der Waals surface area contributed by atoms with Gasteiger partial charge in [0.05, 0.1) is 12.4 Å². The van der Waals surface area contributed by atoms with Crippen LogP contribution in [0.25, 0.3) is 11.2 Å². The van der Waals surface area contributed by atoms with Gasteiger partial charge in [0.25, 0.3) is 0 Å². The standard InChI is InChI=1S/C16H26N5O4Si/c1-15(2,3)12(24)10-9(22)11(23)16(25-10,26(4)5)21-7-20-8-13(17)18-6-19-14(8)21/h6-7,9-12,22-24H,1-5H3,(H2,17,18,19)/t9-,10+,11-,12?,16+/m1/s1. The molecule has 26 heavy (non-hydrogen) atoms. The lowest BCUT2D eigenvalue weighted by molar-refractivity contribution is -0.134. The van der Waals surface area contributed by atoms with Crippen LogP contribution in [-0.2, 0) is 10.1 Å². The average molecular weight is 381 g/mol. The molecule has 5 atom stereocenters. The molecular weight excluding hydrogens is 354 g/mol. The zero-order valence-electron chi connectivity index (χ0n) is 15.6. The van der Waals surface area contributed by atoms with Gasteiger partial charge in [0, 0.05) is 0 Å². The smallest absolute Gasteiger partial charge is 0.167 e. The Kier molecular flexibility index (Phi) is 4.60. The molecule has 3 rings (SSSR count). The van der Waals surface area contributed by atoms with Crippen molar-refractivity contribution in [3.8, 4) is 0 Å². The number of rotatable bonds is 3. The monoisotopic (exact) mass is 380 g/mol. The predicted octanol–water partition coefficient (Wildman–Crippen LogP) is -0.117. The first kappa shape index (κ1) is 19.2. The number of aliphatic hydroxyl groups excluding tert-OH is 3. The molecule has 0 aromatic carbocycles. The highest BCUT2D eigenvalue weighted by atomic mass is 28.3. The summed E-state index contributed by atoms with van der Waals surface area (Å²) in [5, 5.41) is 31.1. The number of ether oxygens (including phenoxy) is 1. The minimum absolute atomic E-state index is 0.226. The molecule has 0 spiro atoms. The Morgan fingerprint density at radius 1 is 1.27 bits per heavy atom. The molecule has 1 radical (unpaired) electrons. The van der Waals surface area contributed by atoms with Crippen molar-refractivity contribution in [1.29, 1.82) is 0 Å². The molecular formula is C16H26N5O4Si. The maximum atomic E-state index is 11.0. The summed E-state index contributed by atoms with van der Waals surface area (Å²) >= 11 is 0. The third kappa shape index (κ3) is 2.64. The van der Waals surface area contributed by atoms with Crippen LogP contribution >= 0.6 is 0 Å². The van der Waals surface area contributed by atoms with Crippen molar-refractivity contribution in [3.05, 3.63) is 12.7 Å². The van der Waals surface area contributed by atoms with Crippen molar-refractivity contribution in [1.82, 2.24) is 19.5 Å². The van der Waals surface area contributed by atoms with Crippen LogP contribution in [0.15, 0.2) is 12.7 Å². The molecule has 0 bridgehead atoms. The van der Waals surface area contributed by atoms with Crippen LogP contribution in [0, 0.1) is 5.41 Å². The second-order valence-corrected chi connectivity index (χ2v) is 10.8. The molecule has 1 saturated heterocycles. The molecule has 1 aliphatic rings. The van der Waals surface area contributed by atoms with Gasteiger partial charge in [0.15, 0.2) is 16.8 Å². The summed E-state index contributed by atoms with van der Waals surface area (Å²) in [5.41, 5.74) is 6.16. The zero-order valence-corrected chi connectivity index (χ0v) is 16.6. The van der Waals surface area contributed by atoms with Gasteiger partial charge in [0.2, 0.25) is 0 Å². The molecule has 1 aliphatic heterocycles. The topological polar surface area (TPSA) is 140 Å². The second-order valence-electron chi connectivity index (χ2n) is 8.07. The van der Waals surface area contributed by atoms with Crippen LogP contribution in [0.5, 0.6) is 0 Å². The summed E-state index contributed by atoms with van der Waals surface area (Å²) in [4.78, 5) is 12.4. The normalized spacial score (nSPS) is 31.0. The van der Waals surface area contributed by atoms with Crippen molar-refractivity contribution in [3.63, 3.8) is 0 Å². The summed E-state index contributed by atoms with van der Waals surface area (Å²) in [5.74, 6) is 0.226. The molecule has 1 unspecified atom stereocenters. The first-order chi connectivity index (χ1) is 12.0. The number of nitrogens with two attached hydrogens (primary N) is 1. The van der Waals surface area contributed by atoms with E-state index in [9.17, 15) is 15.3 Å². The predicted molar refractivity (Wildman–Crippen MR) is 97.5 cm³/mol. The van der Waals surface area contributed by atoms with Gasteiger partial charge in [-0.2, -0.15) is 0 Å². The fourth-order valence-corrected chi connectivity index (χ4v) is 5.23. The van der Waals surface area contributed by atoms with Gasteiger partial charge in [0.1, 0.15) is 39.0 Å². The Hall–Kier alpha value is -1.59. The first-order valence-electron chi connectivity index (χ1n) is 8.48. The lowest BCUT2D eigenvalue weighted by atomic mass is 9.84. The van der Waals surface area contributed by atoms with Gasteiger partial charge >= 0.3 is 0 Å². The Labute approximate surface area is 153 Å². The fraction of sp³-hybridized carbons (Fsp3) is 0.688. The van der Waals surface area contributed by atoms with Gasteiger partial charge < -0.3 is 25.8 Å². The highest BCUT2D eigenvalue weighted by Gasteiger charge is 2.60. The number of imidazole rings is 1. The van der Waals surface area contributed by atoms with E-state index in [4.69, 9.17) is 10.5 Å². The lowest BCUT2D eigenvalue weighted by Crippen LogP contribution is -2.54. The quantitative estimate of drug-likeness (QED) is 0.541. The number of nitrogens with zero attached hydrogens (tertiary/aromatic N) is 4. The first-order valence-corrected chi connectivity index (χ1v) is 11.0. The van der Waals surface area contributed by atoms with E-state index in [1.165, 1.54) is 12.7 Å². The van der Waals surface area contributed by atoms with Crippen molar-refractivity contribution in [2.24, 2.45) is 5.41 Å². The third-order valence-electron chi connectivity index (χ3n) is 5.01. The molecule has 9 nitrogen and oxygen atoms in total. The summed E-state index contributed by atoms with van der Waals surface area (Å²) < 4.78 is 7.86. The summed E-state index contributed by atoms with van der Waals surface area (Å²) in [6, 6.07) is 0. The molecule has 0 aliphatic carbocycles. The molecule has 143 valence electrons. The molecule has 1 fully saturated rings. The van der Waals surface area contributed by atoms with Crippen molar-refractivity contribution < 1.29 is 20.1 Å².